The molecule has 0 saturated carbocycles. The fourth-order valence-electron chi connectivity index (χ4n) is 3.98. The highest BCUT2D eigenvalue weighted by molar-refractivity contribution is 5.99. The second kappa shape index (κ2) is 11.5. The first-order chi connectivity index (χ1) is 16.2. The molecule has 0 amide bonds. The highest BCUT2D eigenvalue weighted by Crippen LogP contribution is 2.39. The summed E-state index contributed by atoms with van der Waals surface area (Å²) in [4.78, 5) is 12.5. The minimum atomic E-state index is -1.33. The molecule has 0 fully saturated rings. The van der Waals surface area contributed by atoms with E-state index < -0.39 is 23.1 Å². The zero-order chi connectivity index (χ0) is 25.5. The first-order valence-electron chi connectivity index (χ1n) is 10.4. The first-order valence-corrected chi connectivity index (χ1v) is 10.4. The number of methoxy groups -OCH3 is 8. The smallest absolute Gasteiger partial charge is 0.248 e. The summed E-state index contributed by atoms with van der Waals surface area (Å²) in [5.74, 6) is -5.45. The zero-order valence-electron chi connectivity index (χ0n) is 20.9. The van der Waals surface area contributed by atoms with Gasteiger partial charge in [-0.2, -0.15) is 0 Å². The highest BCUT2D eigenvalue weighted by Gasteiger charge is 2.54. The summed E-state index contributed by atoms with van der Waals surface area (Å²) in [7, 11) is 11.9. The van der Waals surface area contributed by atoms with Gasteiger partial charge in [0.2, 0.25) is 23.1 Å². The first kappa shape index (κ1) is 28.0. The van der Waals surface area contributed by atoms with Gasteiger partial charge in [0.25, 0.3) is 0 Å². The molecule has 9 heteroatoms. The van der Waals surface area contributed by atoms with E-state index in [4.69, 9.17) is 37.9 Å². The molecule has 188 valence electrons. The summed E-state index contributed by atoms with van der Waals surface area (Å²) >= 11 is 0. The van der Waals surface area contributed by atoms with Gasteiger partial charge in [0.05, 0.1) is 0 Å². The molecule has 0 spiro atoms. The van der Waals surface area contributed by atoms with Crippen LogP contribution in [0.1, 0.15) is 0 Å². The van der Waals surface area contributed by atoms with Crippen LogP contribution >= 0.6 is 0 Å². The largest absolute Gasteiger partial charge is 0.345 e. The van der Waals surface area contributed by atoms with Crippen molar-refractivity contribution >= 4 is 5.78 Å². The van der Waals surface area contributed by atoms with Gasteiger partial charge in [-0.15, -0.1) is 0 Å². The van der Waals surface area contributed by atoms with E-state index in [2.05, 4.69) is 0 Å². The van der Waals surface area contributed by atoms with Crippen molar-refractivity contribution in [2.75, 3.05) is 56.9 Å². The average molecular weight is 479 g/mol. The lowest BCUT2D eigenvalue weighted by Gasteiger charge is -2.44. The van der Waals surface area contributed by atoms with Crippen LogP contribution in [0.25, 0.3) is 0 Å². The molecule has 0 bridgehead atoms. The molecule has 0 atom stereocenters. The van der Waals surface area contributed by atoms with Gasteiger partial charge in [-0.3, -0.25) is 4.79 Å². The molecule has 0 unspecified atom stereocenters. The fourth-order valence-corrected chi connectivity index (χ4v) is 3.98. The number of ether oxygens (including phenoxy) is 8. The SMILES string of the molecule is COC1(OC)C=CC(C=CC(=O)C=CC2=CC(OC)(OC)C(OC)(OC)C=C2)=CC1(OC)OC. The van der Waals surface area contributed by atoms with Gasteiger partial charge < -0.3 is 37.9 Å². The molecule has 9 nitrogen and oxygen atoms in total. The Morgan fingerprint density at radius 2 is 0.853 bits per heavy atom. The summed E-state index contributed by atoms with van der Waals surface area (Å²) in [6, 6.07) is 0. The van der Waals surface area contributed by atoms with E-state index in [-0.39, 0.29) is 5.78 Å². The van der Waals surface area contributed by atoms with Crippen molar-refractivity contribution in [3.8, 4) is 0 Å². The molecule has 0 aromatic heterocycles. The van der Waals surface area contributed by atoms with Crippen molar-refractivity contribution in [2.24, 2.45) is 0 Å². The number of allylic oxidation sites excluding steroid dienone is 8. The Balaban J connectivity index is 2.23. The Labute approximate surface area is 200 Å². The van der Waals surface area contributed by atoms with Crippen LogP contribution < -0.4 is 0 Å². The van der Waals surface area contributed by atoms with E-state index in [1.165, 1.54) is 69.0 Å². The van der Waals surface area contributed by atoms with Gasteiger partial charge in [-0.1, -0.05) is 24.3 Å². The van der Waals surface area contributed by atoms with Gasteiger partial charge in [-0.05, 0) is 47.6 Å². The van der Waals surface area contributed by atoms with Crippen LogP contribution in [-0.2, 0) is 42.7 Å². The topological polar surface area (TPSA) is 90.9 Å². The third-order valence-corrected chi connectivity index (χ3v) is 5.98. The Hall–Kier alpha value is -2.21. The van der Waals surface area contributed by atoms with Crippen molar-refractivity contribution in [1.29, 1.82) is 0 Å². The zero-order valence-corrected chi connectivity index (χ0v) is 20.9. The summed E-state index contributed by atoms with van der Waals surface area (Å²) in [6.07, 6.45) is 16.4. The monoisotopic (exact) mass is 478 g/mol. The van der Waals surface area contributed by atoms with Crippen LogP contribution in [0.4, 0.5) is 0 Å². The molecule has 0 radical (unpaired) electrons. The van der Waals surface area contributed by atoms with Crippen LogP contribution in [0.5, 0.6) is 0 Å². The summed E-state index contributed by atoms with van der Waals surface area (Å²) in [5, 5.41) is 0. The van der Waals surface area contributed by atoms with Crippen LogP contribution in [0.15, 0.2) is 71.9 Å². The Kier molecular flexibility index (Phi) is 9.46. The van der Waals surface area contributed by atoms with Gasteiger partial charge >= 0.3 is 0 Å². The average Bonchev–Trinajstić information content (AvgIpc) is 2.90. The maximum Gasteiger partial charge on any atom is 0.248 e. The van der Waals surface area contributed by atoms with E-state index in [1.54, 1.807) is 48.6 Å². The maximum atomic E-state index is 12.5. The number of carbonyl (C=O) groups is 1. The van der Waals surface area contributed by atoms with Gasteiger partial charge in [-0.25, -0.2) is 0 Å². The fraction of sp³-hybridized carbons (Fsp3) is 0.480. The number of hydrogen-bond acceptors (Lipinski definition) is 9. The van der Waals surface area contributed by atoms with E-state index >= 15 is 0 Å². The quantitative estimate of drug-likeness (QED) is 0.310. The molecular weight excluding hydrogens is 444 g/mol. The molecule has 0 saturated heterocycles. The van der Waals surface area contributed by atoms with E-state index in [0.29, 0.717) is 11.1 Å². The predicted molar refractivity (Wildman–Crippen MR) is 125 cm³/mol. The van der Waals surface area contributed by atoms with Crippen molar-refractivity contribution < 1.29 is 42.7 Å². The lowest BCUT2D eigenvalue weighted by atomic mass is 9.94. The van der Waals surface area contributed by atoms with Crippen molar-refractivity contribution in [3.63, 3.8) is 0 Å². The van der Waals surface area contributed by atoms with Gasteiger partial charge in [0, 0.05) is 56.9 Å². The van der Waals surface area contributed by atoms with E-state index in [0.717, 1.165) is 0 Å². The number of hydrogen-bond donors (Lipinski definition) is 0. The van der Waals surface area contributed by atoms with Crippen molar-refractivity contribution in [1.82, 2.24) is 0 Å². The minimum absolute atomic E-state index is 0.241. The summed E-state index contributed by atoms with van der Waals surface area (Å²) < 4.78 is 44.4. The second-order valence-electron chi connectivity index (χ2n) is 7.33. The molecule has 0 aromatic rings. The lowest BCUT2D eigenvalue weighted by molar-refractivity contribution is -0.345. The third-order valence-electron chi connectivity index (χ3n) is 5.98. The molecule has 0 aliphatic heterocycles. The normalized spacial score (nSPS) is 22.2. The molecule has 0 heterocycles. The van der Waals surface area contributed by atoms with Crippen LogP contribution in [0.2, 0.25) is 0 Å². The predicted octanol–water partition coefficient (Wildman–Crippen LogP) is 2.62. The molecule has 0 N–H and O–H groups in total. The van der Waals surface area contributed by atoms with Crippen molar-refractivity contribution in [2.45, 2.75) is 23.1 Å². The van der Waals surface area contributed by atoms with Crippen LogP contribution in [0, 0.1) is 0 Å². The number of ketones is 1. The minimum Gasteiger partial charge on any atom is -0.345 e. The summed E-state index contributed by atoms with van der Waals surface area (Å²) in [5.41, 5.74) is 1.35. The Morgan fingerprint density at radius 3 is 1.12 bits per heavy atom. The molecule has 2 aliphatic carbocycles. The molecular formula is C25H34O9. The van der Waals surface area contributed by atoms with Crippen LogP contribution in [0.3, 0.4) is 0 Å². The van der Waals surface area contributed by atoms with Gasteiger partial charge in [0.1, 0.15) is 0 Å². The molecule has 34 heavy (non-hydrogen) atoms. The third kappa shape index (κ3) is 4.79. The molecule has 2 aliphatic rings. The standard InChI is InChI=1S/C25H34O9/c1-27-22(28-2)15-13-19(17-24(22,31-5)32-6)9-11-21(26)12-10-20-14-16-23(29-3,30-4)25(18-20,33-7)34-8/h9-18H,1-8H3. The maximum absolute atomic E-state index is 12.5. The Bertz CT molecular complexity index is 819. The van der Waals surface area contributed by atoms with E-state index in [9.17, 15) is 4.79 Å². The van der Waals surface area contributed by atoms with Crippen molar-refractivity contribution in [3.05, 3.63) is 71.9 Å². The molecule has 2 rings (SSSR count). The number of rotatable bonds is 12. The lowest BCUT2D eigenvalue weighted by Crippen LogP contribution is -2.58. The van der Waals surface area contributed by atoms with Crippen LogP contribution in [-0.4, -0.2) is 85.8 Å². The highest BCUT2D eigenvalue weighted by atomic mass is 16.8. The second-order valence-corrected chi connectivity index (χ2v) is 7.33. The van der Waals surface area contributed by atoms with Gasteiger partial charge in [0.15, 0.2) is 5.78 Å². The van der Waals surface area contributed by atoms with E-state index in [1.807, 2.05) is 0 Å². The summed E-state index contributed by atoms with van der Waals surface area (Å²) in [6.45, 7) is 0. The Morgan fingerprint density at radius 1 is 0.559 bits per heavy atom. The number of carbonyl (C=O) groups excluding carboxylic acids is 1. The molecule has 0 aromatic carbocycles.